The number of rotatable bonds is 39. The van der Waals surface area contributed by atoms with E-state index in [4.69, 9.17) is 16.6 Å². The SMILES string of the molecule is CCCCCCCC/C=C\CCCCCCCCN(CCCCCCCC/C=C\CCCCCCCC)C(=O)[C@@H](N)CSSC[C@H](N)C(=O)O. The Kier molecular flexibility index (Phi) is 38.5. The van der Waals surface area contributed by atoms with Crippen LogP contribution < -0.4 is 11.5 Å². The summed E-state index contributed by atoms with van der Waals surface area (Å²) in [5.74, 6) is -0.208. The number of aliphatic carboxylic acids is 1. The lowest BCUT2D eigenvalue weighted by molar-refractivity contribution is -0.138. The first-order valence-electron chi connectivity index (χ1n) is 21.0. The maximum atomic E-state index is 13.3. The van der Waals surface area contributed by atoms with Crippen LogP contribution in [0.5, 0.6) is 0 Å². The molecule has 0 fully saturated rings. The molecule has 0 spiro atoms. The topological polar surface area (TPSA) is 110 Å². The highest BCUT2D eigenvalue weighted by Crippen LogP contribution is 2.23. The average Bonchev–Trinajstić information content (AvgIpc) is 3.11. The Morgan fingerprint density at radius 1 is 0.500 bits per heavy atom. The van der Waals surface area contributed by atoms with Crippen LogP contribution in [0.25, 0.3) is 0 Å². The van der Waals surface area contributed by atoms with E-state index in [-0.39, 0.29) is 5.91 Å². The quantitative estimate of drug-likeness (QED) is 0.0327. The molecule has 2 atom stereocenters. The third-order valence-electron chi connectivity index (χ3n) is 9.40. The number of carboxylic acid groups (broad SMARTS) is 1. The highest BCUT2D eigenvalue weighted by Gasteiger charge is 2.21. The fraction of sp³-hybridized carbons (Fsp3) is 0.857. The zero-order valence-electron chi connectivity index (χ0n) is 32.8. The predicted octanol–water partition coefficient (Wildman–Crippen LogP) is 12.0. The van der Waals surface area contributed by atoms with Gasteiger partial charge in [0.15, 0.2) is 0 Å². The summed E-state index contributed by atoms with van der Waals surface area (Å²) < 4.78 is 0. The molecule has 0 bridgehead atoms. The number of carbonyl (C=O) groups excluding carboxylic acids is 1. The van der Waals surface area contributed by atoms with Crippen LogP contribution in [0.15, 0.2) is 24.3 Å². The van der Waals surface area contributed by atoms with Crippen molar-refractivity contribution in [3.05, 3.63) is 24.3 Å². The Morgan fingerprint density at radius 3 is 1.14 bits per heavy atom. The lowest BCUT2D eigenvalue weighted by Gasteiger charge is -2.26. The summed E-state index contributed by atoms with van der Waals surface area (Å²) >= 11 is 0. The van der Waals surface area contributed by atoms with Gasteiger partial charge < -0.3 is 21.5 Å². The van der Waals surface area contributed by atoms with Gasteiger partial charge in [-0.1, -0.05) is 175 Å². The van der Waals surface area contributed by atoms with Crippen LogP contribution in [0.4, 0.5) is 0 Å². The second-order valence-electron chi connectivity index (χ2n) is 14.3. The number of hydrogen-bond donors (Lipinski definition) is 3. The van der Waals surface area contributed by atoms with Gasteiger partial charge in [-0.3, -0.25) is 9.59 Å². The molecule has 0 rings (SSSR count). The Labute approximate surface area is 318 Å². The molecule has 0 saturated heterocycles. The molecule has 0 aliphatic rings. The van der Waals surface area contributed by atoms with Crippen molar-refractivity contribution in [1.29, 1.82) is 0 Å². The summed E-state index contributed by atoms with van der Waals surface area (Å²) in [7, 11) is 2.82. The monoisotopic (exact) mass is 740 g/mol. The number of nitrogens with two attached hydrogens (primary N) is 2. The highest BCUT2D eigenvalue weighted by molar-refractivity contribution is 8.76. The second kappa shape index (κ2) is 39.3. The number of carbonyl (C=O) groups is 2. The Balaban J connectivity index is 4.25. The molecule has 6 nitrogen and oxygen atoms in total. The molecular weight excluding hydrogens is 659 g/mol. The first-order valence-corrected chi connectivity index (χ1v) is 23.5. The van der Waals surface area contributed by atoms with E-state index in [0.717, 1.165) is 38.8 Å². The van der Waals surface area contributed by atoms with Gasteiger partial charge in [0, 0.05) is 24.6 Å². The van der Waals surface area contributed by atoms with Gasteiger partial charge in [0.25, 0.3) is 0 Å². The molecule has 0 heterocycles. The third-order valence-corrected chi connectivity index (χ3v) is 11.9. The molecule has 1 amide bonds. The lowest BCUT2D eigenvalue weighted by Crippen LogP contribution is -2.46. The van der Waals surface area contributed by atoms with Crippen molar-refractivity contribution in [2.75, 3.05) is 24.6 Å². The van der Waals surface area contributed by atoms with Gasteiger partial charge in [0.1, 0.15) is 6.04 Å². The zero-order valence-corrected chi connectivity index (χ0v) is 34.4. The summed E-state index contributed by atoms with van der Waals surface area (Å²) in [6.45, 7) is 6.10. The van der Waals surface area contributed by atoms with E-state index in [0.29, 0.717) is 11.5 Å². The second-order valence-corrected chi connectivity index (χ2v) is 16.9. The van der Waals surface area contributed by atoms with Crippen molar-refractivity contribution in [3.63, 3.8) is 0 Å². The minimum absolute atomic E-state index is 0.0288. The van der Waals surface area contributed by atoms with Crippen molar-refractivity contribution >= 4 is 33.5 Å². The largest absolute Gasteiger partial charge is 0.480 e. The maximum absolute atomic E-state index is 13.3. The standard InChI is InChI=1S/C42H81N3O3S2/c1-3-5-7-9-11-13-15-17-19-21-23-25-27-29-31-33-35-45(41(46)39(43)37-49-50-38-40(44)42(47)48)36-34-32-30-28-26-24-22-20-18-16-14-12-10-8-6-4-2/h17-20,39-40H,3-16,21-38,43-44H2,1-2H3,(H,47,48)/b19-17-,20-18-/t39-,40-/m0/s1. The fourth-order valence-corrected chi connectivity index (χ4v) is 8.28. The Bertz CT molecular complexity index is 769. The van der Waals surface area contributed by atoms with Crippen molar-refractivity contribution in [1.82, 2.24) is 4.90 Å². The van der Waals surface area contributed by atoms with E-state index in [1.807, 2.05) is 4.90 Å². The van der Waals surface area contributed by atoms with Crippen LogP contribution >= 0.6 is 21.6 Å². The summed E-state index contributed by atoms with van der Waals surface area (Å²) in [5, 5.41) is 8.99. The molecule has 0 aromatic carbocycles. The van der Waals surface area contributed by atoms with Gasteiger partial charge in [-0.05, 0) is 64.2 Å². The van der Waals surface area contributed by atoms with Crippen LogP contribution in [-0.4, -0.2) is 58.6 Å². The Morgan fingerprint density at radius 2 is 0.800 bits per heavy atom. The van der Waals surface area contributed by atoms with Crippen LogP contribution in [0.1, 0.15) is 194 Å². The van der Waals surface area contributed by atoms with Gasteiger partial charge in [-0.25, -0.2) is 0 Å². The van der Waals surface area contributed by atoms with Crippen molar-refractivity contribution in [2.24, 2.45) is 11.5 Å². The molecule has 0 aliphatic heterocycles. The zero-order chi connectivity index (χ0) is 36.8. The Hall–Kier alpha value is -0.960. The average molecular weight is 740 g/mol. The highest BCUT2D eigenvalue weighted by atomic mass is 33.1. The number of nitrogens with zero attached hydrogens (tertiary/aromatic N) is 1. The molecule has 0 aliphatic carbocycles. The van der Waals surface area contributed by atoms with Crippen molar-refractivity contribution in [2.45, 2.75) is 206 Å². The van der Waals surface area contributed by atoms with E-state index in [2.05, 4.69) is 38.2 Å². The minimum Gasteiger partial charge on any atom is -0.480 e. The number of carboxylic acids is 1. The molecule has 294 valence electrons. The lowest BCUT2D eigenvalue weighted by atomic mass is 10.1. The first-order chi connectivity index (χ1) is 24.4. The summed E-state index contributed by atoms with van der Waals surface area (Å²) in [4.78, 5) is 26.3. The van der Waals surface area contributed by atoms with Gasteiger partial charge in [-0.15, -0.1) is 0 Å². The smallest absolute Gasteiger partial charge is 0.321 e. The van der Waals surface area contributed by atoms with Crippen LogP contribution in [-0.2, 0) is 9.59 Å². The van der Waals surface area contributed by atoms with Crippen molar-refractivity contribution < 1.29 is 14.7 Å². The summed E-state index contributed by atoms with van der Waals surface area (Å²) in [6, 6.07) is -1.47. The molecule has 0 radical (unpaired) electrons. The van der Waals surface area contributed by atoms with Gasteiger partial charge >= 0.3 is 5.97 Å². The van der Waals surface area contributed by atoms with Crippen LogP contribution in [0.2, 0.25) is 0 Å². The molecule has 0 unspecified atom stereocenters. The first kappa shape index (κ1) is 49.0. The van der Waals surface area contributed by atoms with E-state index in [9.17, 15) is 9.59 Å². The molecular formula is C42H81N3O3S2. The van der Waals surface area contributed by atoms with Gasteiger partial charge in [0.05, 0.1) is 6.04 Å². The molecule has 0 aromatic heterocycles. The third kappa shape index (κ3) is 34.1. The van der Waals surface area contributed by atoms with E-state index in [1.54, 1.807) is 0 Å². The van der Waals surface area contributed by atoms with E-state index >= 15 is 0 Å². The van der Waals surface area contributed by atoms with Crippen LogP contribution in [0, 0.1) is 0 Å². The van der Waals surface area contributed by atoms with E-state index in [1.165, 1.54) is 176 Å². The summed E-state index contributed by atoms with van der Waals surface area (Å²) in [6.07, 6.45) is 45.2. The molecule has 5 N–H and O–H groups in total. The minimum atomic E-state index is -1.00. The predicted molar refractivity (Wildman–Crippen MR) is 224 cm³/mol. The molecule has 0 saturated carbocycles. The normalized spacial score (nSPS) is 13.0. The molecule has 8 heteroatoms. The number of amides is 1. The number of hydrogen-bond acceptors (Lipinski definition) is 6. The maximum Gasteiger partial charge on any atom is 0.321 e. The van der Waals surface area contributed by atoms with Gasteiger partial charge in [-0.2, -0.15) is 0 Å². The van der Waals surface area contributed by atoms with Gasteiger partial charge in [0.2, 0.25) is 5.91 Å². The van der Waals surface area contributed by atoms with Crippen LogP contribution in [0.3, 0.4) is 0 Å². The molecule has 50 heavy (non-hydrogen) atoms. The molecule has 0 aromatic rings. The van der Waals surface area contributed by atoms with E-state index < -0.39 is 18.1 Å². The number of allylic oxidation sites excluding steroid dienone is 4. The van der Waals surface area contributed by atoms with Crippen molar-refractivity contribution in [3.8, 4) is 0 Å². The number of unbranched alkanes of at least 4 members (excludes halogenated alkanes) is 24. The fourth-order valence-electron chi connectivity index (χ4n) is 6.05. The summed E-state index contributed by atoms with van der Waals surface area (Å²) in [5.41, 5.74) is 11.9.